The second-order valence-corrected chi connectivity index (χ2v) is 8.58. The van der Waals surface area contributed by atoms with Crippen molar-refractivity contribution >= 4 is 11.2 Å². The van der Waals surface area contributed by atoms with Crippen LogP contribution in [0.3, 0.4) is 0 Å². The Morgan fingerprint density at radius 3 is 2.66 bits per heavy atom. The quantitative estimate of drug-likeness (QED) is 0.469. The molecule has 1 saturated carbocycles. The molecule has 0 spiro atoms. The molecule has 32 heavy (non-hydrogen) atoms. The van der Waals surface area contributed by atoms with Crippen LogP contribution in [0.1, 0.15) is 49.9 Å². The molecular weight excluding hydrogens is 402 g/mol. The van der Waals surface area contributed by atoms with Crippen LogP contribution >= 0.6 is 0 Å². The second-order valence-electron chi connectivity index (χ2n) is 8.58. The Labute approximate surface area is 186 Å². The second kappa shape index (κ2) is 8.22. The van der Waals surface area contributed by atoms with E-state index >= 15 is 0 Å². The average molecular weight is 430 g/mol. The molecule has 1 aliphatic carbocycles. The van der Waals surface area contributed by atoms with E-state index in [0.717, 1.165) is 41.1 Å². The third kappa shape index (κ3) is 3.68. The molecule has 0 radical (unpaired) electrons. The minimum Gasteiger partial charge on any atom is -0.474 e. The molecule has 1 aliphatic rings. The lowest BCUT2D eigenvalue weighted by atomic mass is 10.1. The lowest BCUT2D eigenvalue weighted by molar-refractivity contribution is 0.202. The van der Waals surface area contributed by atoms with Crippen molar-refractivity contribution in [2.24, 2.45) is 7.05 Å². The summed E-state index contributed by atoms with van der Waals surface area (Å²) in [6, 6.07) is 11.5. The van der Waals surface area contributed by atoms with Crippen LogP contribution in [0, 0.1) is 6.92 Å². The van der Waals surface area contributed by atoms with Crippen LogP contribution in [0.15, 0.2) is 53.6 Å². The Balaban J connectivity index is 1.69. The fraction of sp³-hybridized carbons (Fsp3) is 0.360. The van der Waals surface area contributed by atoms with E-state index in [1.807, 2.05) is 49.5 Å². The van der Waals surface area contributed by atoms with Crippen LogP contribution in [-0.4, -0.2) is 30.2 Å². The van der Waals surface area contributed by atoms with Gasteiger partial charge in [-0.2, -0.15) is 4.98 Å². The van der Waals surface area contributed by atoms with E-state index in [4.69, 9.17) is 14.7 Å². The summed E-state index contributed by atoms with van der Waals surface area (Å²) in [5.41, 5.74) is 3.97. The molecule has 7 nitrogen and oxygen atoms in total. The lowest BCUT2D eigenvalue weighted by Crippen LogP contribution is -2.19. The zero-order valence-corrected chi connectivity index (χ0v) is 18.7. The van der Waals surface area contributed by atoms with Gasteiger partial charge in [-0.25, -0.2) is 4.98 Å². The van der Waals surface area contributed by atoms with Crippen LogP contribution in [0.4, 0.5) is 0 Å². The predicted octanol–water partition coefficient (Wildman–Crippen LogP) is 4.43. The van der Waals surface area contributed by atoms with Crippen LogP contribution in [-0.2, 0) is 7.05 Å². The van der Waals surface area contributed by atoms with Crippen molar-refractivity contribution in [2.45, 2.75) is 51.7 Å². The van der Waals surface area contributed by atoms with Gasteiger partial charge in [0.05, 0.1) is 11.7 Å². The van der Waals surface area contributed by atoms with Crippen molar-refractivity contribution in [3.63, 3.8) is 0 Å². The fourth-order valence-corrected chi connectivity index (χ4v) is 4.52. The number of ether oxygens (including phenoxy) is 1. The van der Waals surface area contributed by atoms with Crippen molar-refractivity contribution in [1.82, 2.24) is 24.1 Å². The third-order valence-electron chi connectivity index (χ3n) is 6.23. The maximum absolute atomic E-state index is 12.3. The zero-order valence-electron chi connectivity index (χ0n) is 18.7. The van der Waals surface area contributed by atoms with Crippen molar-refractivity contribution in [1.29, 1.82) is 0 Å². The molecule has 0 bridgehead atoms. The number of hydrogen-bond donors (Lipinski definition) is 0. The molecule has 1 unspecified atom stereocenters. The molecule has 4 aromatic heterocycles. The van der Waals surface area contributed by atoms with Crippen molar-refractivity contribution < 1.29 is 4.74 Å². The number of aryl methyl sites for hydroxylation is 2. The SMILES string of the molecule is Cc1cc(-c2nc3ccc(OC4CCCC4)nc3n2C(C)c2ccccn2)cn(C)c1=O. The van der Waals surface area contributed by atoms with Crippen molar-refractivity contribution in [2.75, 3.05) is 0 Å². The summed E-state index contributed by atoms with van der Waals surface area (Å²) < 4.78 is 9.87. The lowest BCUT2D eigenvalue weighted by Gasteiger charge is -2.18. The summed E-state index contributed by atoms with van der Waals surface area (Å²) in [7, 11) is 1.76. The van der Waals surface area contributed by atoms with Crippen LogP contribution in [0.2, 0.25) is 0 Å². The molecular formula is C25H27N5O2. The minimum absolute atomic E-state index is 0.0143. The molecule has 164 valence electrons. The van der Waals surface area contributed by atoms with Gasteiger partial charge in [0.15, 0.2) is 5.65 Å². The van der Waals surface area contributed by atoms with Crippen molar-refractivity contribution in [3.8, 4) is 17.3 Å². The highest BCUT2D eigenvalue weighted by Crippen LogP contribution is 2.32. The maximum Gasteiger partial charge on any atom is 0.253 e. The molecule has 1 atom stereocenters. The van der Waals surface area contributed by atoms with E-state index in [9.17, 15) is 4.79 Å². The topological polar surface area (TPSA) is 74.8 Å². The van der Waals surface area contributed by atoms with Crippen LogP contribution in [0.25, 0.3) is 22.6 Å². The molecule has 0 aliphatic heterocycles. The van der Waals surface area contributed by atoms with E-state index < -0.39 is 0 Å². The average Bonchev–Trinajstić information content (AvgIpc) is 3.45. The highest BCUT2D eigenvalue weighted by Gasteiger charge is 2.23. The van der Waals surface area contributed by atoms with Gasteiger partial charge in [0, 0.05) is 36.6 Å². The van der Waals surface area contributed by atoms with Gasteiger partial charge in [-0.05, 0) is 63.8 Å². The van der Waals surface area contributed by atoms with E-state index in [2.05, 4.69) is 16.5 Å². The number of hydrogen-bond acceptors (Lipinski definition) is 5. The van der Waals surface area contributed by atoms with Gasteiger partial charge in [0.25, 0.3) is 5.56 Å². The molecule has 0 aromatic carbocycles. The number of fused-ring (bicyclic) bond motifs is 1. The largest absolute Gasteiger partial charge is 0.474 e. The molecule has 0 saturated heterocycles. The van der Waals surface area contributed by atoms with Crippen molar-refractivity contribution in [3.05, 3.63) is 70.4 Å². The smallest absolute Gasteiger partial charge is 0.253 e. The number of aromatic nitrogens is 5. The van der Waals surface area contributed by atoms with Crippen LogP contribution < -0.4 is 10.3 Å². The normalized spacial score (nSPS) is 15.3. The van der Waals surface area contributed by atoms with Gasteiger partial charge in [-0.15, -0.1) is 0 Å². The first-order valence-corrected chi connectivity index (χ1v) is 11.2. The van der Waals surface area contributed by atoms with Gasteiger partial charge in [-0.3, -0.25) is 14.3 Å². The highest BCUT2D eigenvalue weighted by atomic mass is 16.5. The predicted molar refractivity (Wildman–Crippen MR) is 124 cm³/mol. The van der Waals surface area contributed by atoms with E-state index in [-0.39, 0.29) is 17.7 Å². The van der Waals surface area contributed by atoms with Gasteiger partial charge in [0.1, 0.15) is 17.4 Å². The minimum atomic E-state index is -0.108. The molecule has 4 aromatic rings. The summed E-state index contributed by atoms with van der Waals surface area (Å²) in [5, 5.41) is 0. The van der Waals surface area contributed by atoms with E-state index in [1.165, 1.54) is 12.8 Å². The molecule has 0 N–H and O–H groups in total. The Kier molecular flexibility index (Phi) is 5.25. The third-order valence-corrected chi connectivity index (χ3v) is 6.23. The Hall–Kier alpha value is -3.48. The number of pyridine rings is 3. The van der Waals surface area contributed by atoms with Gasteiger partial charge < -0.3 is 9.30 Å². The summed E-state index contributed by atoms with van der Waals surface area (Å²) in [5.74, 6) is 1.38. The van der Waals surface area contributed by atoms with E-state index in [0.29, 0.717) is 11.4 Å². The zero-order chi connectivity index (χ0) is 22.2. The Bertz CT molecular complexity index is 1290. The number of imidazole rings is 1. The summed E-state index contributed by atoms with van der Waals surface area (Å²) >= 11 is 0. The molecule has 4 heterocycles. The summed E-state index contributed by atoms with van der Waals surface area (Å²) in [6.07, 6.45) is 8.42. The standard InChI is InChI=1S/C25H27N5O2/c1-16-14-18(15-29(3)25(16)31)23-27-21-11-12-22(32-19-8-4-5-9-19)28-24(21)30(23)17(2)20-10-6-7-13-26-20/h6-7,10-15,17,19H,4-5,8-9H2,1-3H3. The fourth-order valence-electron chi connectivity index (χ4n) is 4.52. The first kappa shape index (κ1) is 20.4. The first-order chi connectivity index (χ1) is 15.5. The molecule has 7 heteroatoms. The monoisotopic (exact) mass is 429 g/mol. The molecule has 5 rings (SSSR count). The van der Waals surface area contributed by atoms with Crippen LogP contribution in [0.5, 0.6) is 5.88 Å². The van der Waals surface area contributed by atoms with Gasteiger partial charge in [0.2, 0.25) is 5.88 Å². The van der Waals surface area contributed by atoms with Gasteiger partial charge in [-0.1, -0.05) is 6.07 Å². The molecule has 1 fully saturated rings. The summed E-state index contributed by atoms with van der Waals surface area (Å²) in [6.45, 7) is 3.92. The number of rotatable bonds is 5. The maximum atomic E-state index is 12.3. The van der Waals surface area contributed by atoms with E-state index in [1.54, 1.807) is 17.8 Å². The summed E-state index contributed by atoms with van der Waals surface area (Å²) in [4.78, 5) is 26.6. The number of nitrogens with zero attached hydrogens (tertiary/aromatic N) is 5. The Morgan fingerprint density at radius 2 is 1.94 bits per heavy atom. The van der Waals surface area contributed by atoms with Gasteiger partial charge >= 0.3 is 0 Å². The Morgan fingerprint density at radius 1 is 1.12 bits per heavy atom. The molecule has 0 amide bonds. The first-order valence-electron chi connectivity index (χ1n) is 11.2. The highest BCUT2D eigenvalue weighted by molar-refractivity contribution is 5.78.